The van der Waals surface area contributed by atoms with Gasteiger partial charge in [0.15, 0.2) is 0 Å². The van der Waals surface area contributed by atoms with Crippen molar-refractivity contribution in [2.45, 2.75) is 24.8 Å². The van der Waals surface area contributed by atoms with Crippen LogP contribution in [0.5, 0.6) is 5.75 Å². The van der Waals surface area contributed by atoms with Gasteiger partial charge in [-0.1, -0.05) is 67.2 Å². The third-order valence-electron chi connectivity index (χ3n) is 5.47. The molecule has 1 aliphatic rings. The van der Waals surface area contributed by atoms with Gasteiger partial charge in [-0.3, -0.25) is 14.5 Å². The van der Waals surface area contributed by atoms with Gasteiger partial charge >= 0.3 is 0 Å². The van der Waals surface area contributed by atoms with Crippen molar-refractivity contribution in [3.63, 3.8) is 0 Å². The second-order valence-corrected chi connectivity index (χ2v) is 8.77. The summed E-state index contributed by atoms with van der Waals surface area (Å²) in [6.07, 6.45) is 2.86. The van der Waals surface area contributed by atoms with Crippen LogP contribution in [0.4, 0.5) is 5.69 Å². The van der Waals surface area contributed by atoms with Crippen molar-refractivity contribution in [1.82, 2.24) is 5.32 Å². The topological polar surface area (TPSA) is 58.6 Å². The summed E-state index contributed by atoms with van der Waals surface area (Å²) in [7, 11) is 1.62. The highest BCUT2D eigenvalue weighted by Crippen LogP contribution is 2.41. The third-order valence-corrected chi connectivity index (χ3v) is 6.55. The normalized spacial score (nSPS) is 14.2. The highest BCUT2D eigenvalue weighted by Gasteiger charge is 2.30. The average molecular weight is 459 g/mol. The zero-order valence-electron chi connectivity index (χ0n) is 18.7. The Kier molecular flexibility index (Phi) is 7.15. The summed E-state index contributed by atoms with van der Waals surface area (Å²) in [4.78, 5) is 29.2. The first-order valence-corrected chi connectivity index (χ1v) is 11.7. The Labute approximate surface area is 198 Å². The molecule has 0 saturated heterocycles. The number of ether oxygens (including phenoxy) is 1. The fraction of sp³-hybridized carbons (Fsp3) is 0.185. The fourth-order valence-electron chi connectivity index (χ4n) is 3.56. The van der Waals surface area contributed by atoms with Gasteiger partial charge in [-0.05, 0) is 53.5 Å². The van der Waals surface area contributed by atoms with E-state index in [0.717, 1.165) is 33.9 Å². The number of methoxy groups -OCH3 is 1. The van der Waals surface area contributed by atoms with Crippen LogP contribution < -0.4 is 15.0 Å². The van der Waals surface area contributed by atoms with Crippen molar-refractivity contribution in [2.75, 3.05) is 18.6 Å². The molecule has 0 saturated carbocycles. The van der Waals surface area contributed by atoms with Crippen molar-refractivity contribution in [3.05, 3.63) is 94.4 Å². The number of fused-ring (bicyclic) bond motifs is 1. The molecule has 1 N–H and O–H groups in total. The maximum atomic E-state index is 13.3. The largest absolute Gasteiger partial charge is 0.497 e. The number of carbonyl (C=O) groups is 2. The smallest absolute Gasteiger partial charge is 0.265 e. The number of nitrogens with one attached hydrogen (secondary N) is 1. The lowest BCUT2D eigenvalue weighted by atomic mass is 10.1. The van der Waals surface area contributed by atoms with Crippen LogP contribution in [0.1, 0.15) is 23.6 Å². The van der Waals surface area contributed by atoms with Crippen LogP contribution in [0.3, 0.4) is 0 Å². The molecule has 0 radical (unpaired) electrons. The van der Waals surface area contributed by atoms with Crippen molar-refractivity contribution < 1.29 is 14.3 Å². The highest BCUT2D eigenvalue weighted by atomic mass is 32.2. The molecule has 1 aliphatic heterocycles. The molecule has 0 bridgehead atoms. The van der Waals surface area contributed by atoms with E-state index < -0.39 is 0 Å². The molecule has 0 atom stereocenters. The standard InChI is InChI=1S/C27H26N2O3S/c1-3-19-8-10-20(11-9-19)16-25-27(31)29(23-6-4-5-7-24(23)33-25)18-26(30)28-17-21-12-14-22(32-2)15-13-21/h4-16H,3,17-18H2,1-2H3,(H,28,30). The van der Waals surface area contributed by atoms with E-state index in [9.17, 15) is 9.59 Å². The quantitative estimate of drug-likeness (QED) is 0.503. The van der Waals surface area contributed by atoms with E-state index in [1.54, 1.807) is 12.0 Å². The van der Waals surface area contributed by atoms with Crippen LogP contribution in [-0.4, -0.2) is 25.5 Å². The third kappa shape index (κ3) is 5.46. The zero-order chi connectivity index (χ0) is 23.2. The van der Waals surface area contributed by atoms with Gasteiger partial charge in [0, 0.05) is 11.4 Å². The Bertz CT molecular complexity index is 1170. The van der Waals surface area contributed by atoms with Gasteiger partial charge in [-0.2, -0.15) is 0 Å². The Morgan fingerprint density at radius 1 is 1.00 bits per heavy atom. The number of aryl methyl sites for hydroxylation is 1. The van der Waals surface area contributed by atoms with Crippen LogP contribution in [0.2, 0.25) is 0 Å². The van der Waals surface area contributed by atoms with Gasteiger partial charge in [-0.15, -0.1) is 0 Å². The first-order chi connectivity index (χ1) is 16.1. The lowest BCUT2D eigenvalue weighted by molar-refractivity contribution is -0.122. The van der Waals surface area contributed by atoms with Gasteiger partial charge in [0.2, 0.25) is 5.91 Å². The second-order valence-electron chi connectivity index (χ2n) is 7.69. The summed E-state index contributed by atoms with van der Waals surface area (Å²) in [5.74, 6) is 0.382. The van der Waals surface area contributed by atoms with E-state index in [1.807, 2.05) is 66.7 Å². The van der Waals surface area contributed by atoms with Crippen LogP contribution in [0, 0.1) is 0 Å². The minimum absolute atomic E-state index is 0.0430. The number of hydrogen-bond donors (Lipinski definition) is 1. The number of anilines is 1. The first kappa shape index (κ1) is 22.7. The molecule has 2 amide bonds. The van der Waals surface area contributed by atoms with Gasteiger partial charge in [-0.25, -0.2) is 0 Å². The molecule has 3 aromatic carbocycles. The molecule has 0 aliphatic carbocycles. The van der Waals surface area contributed by atoms with Gasteiger partial charge in [0.1, 0.15) is 12.3 Å². The van der Waals surface area contributed by atoms with Crippen molar-refractivity contribution in [3.8, 4) is 5.75 Å². The Hall–Kier alpha value is -3.51. The molecular formula is C27H26N2O3S. The number of para-hydroxylation sites is 1. The second kappa shape index (κ2) is 10.4. The predicted octanol–water partition coefficient (Wildman–Crippen LogP) is 5.05. The molecule has 168 valence electrons. The Balaban J connectivity index is 1.50. The fourth-order valence-corrected chi connectivity index (χ4v) is 4.62. The van der Waals surface area contributed by atoms with Crippen LogP contribution in [0.15, 0.2) is 82.6 Å². The van der Waals surface area contributed by atoms with E-state index >= 15 is 0 Å². The number of hydrogen-bond acceptors (Lipinski definition) is 4. The van der Waals surface area contributed by atoms with E-state index in [1.165, 1.54) is 17.3 Å². The summed E-state index contributed by atoms with van der Waals surface area (Å²) in [5, 5.41) is 2.91. The number of thioether (sulfide) groups is 1. The minimum Gasteiger partial charge on any atom is -0.497 e. The lowest BCUT2D eigenvalue weighted by Crippen LogP contribution is -2.42. The molecule has 6 heteroatoms. The maximum absolute atomic E-state index is 13.3. The van der Waals surface area contributed by atoms with E-state index in [-0.39, 0.29) is 18.4 Å². The molecule has 1 heterocycles. The average Bonchev–Trinajstić information content (AvgIpc) is 2.86. The molecule has 4 rings (SSSR count). The zero-order valence-corrected chi connectivity index (χ0v) is 19.5. The SMILES string of the molecule is CCc1ccc(C=C2Sc3ccccc3N(CC(=O)NCc3ccc(OC)cc3)C2=O)cc1. The monoisotopic (exact) mass is 458 g/mol. The van der Waals surface area contributed by atoms with Gasteiger partial charge < -0.3 is 10.1 Å². The Morgan fingerprint density at radius 2 is 1.70 bits per heavy atom. The molecule has 0 unspecified atom stereocenters. The summed E-state index contributed by atoms with van der Waals surface area (Å²) < 4.78 is 5.17. The number of carbonyl (C=O) groups excluding carboxylic acids is 2. The lowest BCUT2D eigenvalue weighted by Gasteiger charge is -2.29. The van der Waals surface area contributed by atoms with Gasteiger partial charge in [0.05, 0.1) is 17.7 Å². The molecule has 0 spiro atoms. The summed E-state index contributed by atoms with van der Waals surface area (Å²) >= 11 is 1.44. The van der Waals surface area contributed by atoms with Crippen LogP contribution in [-0.2, 0) is 22.6 Å². The van der Waals surface area contributed by atoms with E-state index in [4.69, 9.17) is 4.74 Å². The molecule has 0 aromatic heterocycles. The molecule has 5 nitrogen and oxygen atoms in total. The Morgan fingerprint density at radius 3 is 2.39 bits per heavy atom. The van der Waals surface area contributed by atoms with Crippen LogP contribution >= 0.6 is 11.8 Å². The summed E-state index contributed by atoms with van der Waals surface area (Å²) in [6, 6.07) is 23.4. The maximum Gasteiger partial charge on any atom is 0.265 e. The first-order valence-electron chi connectivity index (χ1n) is 10.9. The van der Waals surface area contributed by atoms with E-state index in [0.29, 0.717) is 11.4 Å². The number of nitrogens with zero attached hydrogens (tertiary/aromatic N) is 1. The van der Waals surface area contributed by atoms with Crippen molar-refractivity contribution >= 4 is 35.3 Å². The molecule has 3 aromatic rings. The van der Waals surface area contributed by atoms with E-state index in [2.05, 4.69) is 24.4 Å². The number of benzene rings is 3. The molecule has 33 heavy (non-hydrogen) atoms. The number of rotatable bonds is 7. The summed E-state index contributed by atoms with van der Waals surface area (Å²) in [6.45, 7) is 2.45. The predicted molar refractivity (Wildman–Crippen MR) is 133 cm³/mol. The molecule has 0 fully saturated rings. The van der Waals surface area contributed by atoms with Crippen LogP contribution in [0.25, 0.3) is 6.08 Å². The van der Waals surface area contributed by atoms with Crippen molar-refractivity contribution in [2.24, 2.45) is 0 Å². The summed E-state index contributed by atoms with van der Waals surface area (Å²) in [5.41, 5.74) is 3.93. The minimum atomic E-state index is -0.215. The van der Waals surface area contributed by atoms with Gasteiger partial charge in [0.25, 0.3) is 5.91 Å². The van der Waals surface area contributed by atoms with Crippen molar-refractivity contribution in [1.29, 1.82) is 0 Å². The highest BCUT2D eigenvalue weighted by molar-refractivity contribution is 8.04. The number of amides is 2. The molecular weight excluding hydrogens is 432 g/mol.